The molecule has 0 unspecified atom stereocenters. The van der Waals surface area contributed by atoms with Gasteiger partial charge in [0.25, 0.3) is 0 Å². The van der Waals surface area contributed by atoms with Crippen molar-refractivity contribution in [3.63, 3.8) is 0 Å². The molecule has 0 fully saturated rings. The van der Waals surface area contributed by atoms with Crippen molar-refractivity contribution in [3.05, 3.63) is 59.2 Å². The first-order chi connectivity index (χ1) is 17.5. The van der Waals surface area contributed by atoms with E-state index in [0.717, 1.165) is 75.0 Å². The Bertz CT molecular complexity index is 1060. The van der Waals surface area contributed by atoms with Gasteiger partial charge in [-0.3, -0.25) is 9.69 Å². The first-order valence-corrected chi connectivity index (χ1v) is 12.6. The lowest BCUT2D eigenvalue weighted by atomic mass is 9.77. The molecule has 0 aromatic heterocycles. The van der Waals surface area contributed by atoms with E-state index in [-0.39, 0.29) is 5.91 Å². The smallest absolute Gasteiger partial charge is 0.223 e. The Hall–Kier alpha value is -3.19. The van der Waals surface area contributed by atoms with E-state index >= 15 is 0 Å². The van der Waals surface area contributed by atoms with Crippen molar-refractivity contribution in [3.8, 4) is 23.0 Å². The van der Waals surface area contributed by atoms with Crippen LogP contribution in [-0.2, 0) is 24.1 Å². The van der Waals surface area contributed by atoms with Gasteiger partial charge >= 0.3 is 0 Å². The van der Waals surface area contributed by atoms with Crippen molar-refractivity contribution < 1.29 is 23.7 Å². The lowest BCUT2D eigenvalue weighted by molar-refractivity contribution is -0.131. The monoisotopic (exact) mass is 494 g/mol. The van der Waals surface area contributed by atoms with Crippen LogP contribution in [0.2, 0.25) is 0 Å². The third kappa shape index (κ3) is 5.46. The lowest BCUT2D eigenvalue weighted by Crippen LogP contribution is -2.38. The molecular weight excluding hydrogens is 456 g/mol. The number of methoxy groups -OCH3 is 4. The van der Waals surface area contributed by atoms with E-state index in [2.05, 4.69) is 35.7 Å². The summed E-state index contributed by atoms with van der Waals surface area (Å²) < 4.78 is 21.9. The summed E-state index contributed by atoms with van der Waals surface area (Å²) in [5.74, 6) is 3.65. The van der Waals surface area contributed by atoms with Gasteiger partial charge in [0.05, 0.1) is 28.4 Å². The zero-order valence-corrected chi connectivity index (χ0v) is 22.0. The fourth-order valence-electron chi connectivity index (χ4n) is 5.36. The molecule has 0 radical (unpaired) electrons. The van der Waals surface area contributed by atoms with Gasteiger partial charge in [0.15, 0.2) is 23.0 Å². The zero-order chi connectivity index (χ0) is 25.7. The second kappa shape index (κ2) is 11.7. The number of hydrogen-bond acceptors (Lipinski definition) is 6. The summed E-state index contributed by atoms with van der Waals surface area (Å²) in [5, 5.41) is 0. The van der Waals surface area contributed by atoms with Crippen molar-refractivity contribution in [2.24, 2.45) is 0 Å². The summed E-state index contributed by atoms with van der Waals surface area (Å²) in [6, 6.07) is 8.27. The fraction of sp³-hybridized carbons (Fsp3) is 0.483. The predicted octanol–water partition coefficient (Wildman–Crippen LogP) is 3.87. The van der Waals surface area contributed by atoms with Crippen LogP contribution >= 0.6 is 0 Å². The van der Waals surface area contributed by atoms with Gasteiger partial charge in [-0.1, -0.05) is 6.08 Å². The zero-order valence-electron chi connectivity index (χ0n) is 22.0. The number of ether oxygens (including phenoxy) is 4. The van der Waals surface area contributed by atoms with Crippen molar-refractivity contribution in [2.75, 3.05) is 61.2 Å². The highest BCUT2D eigenvalue weighted by atomic mass is 16.5. The third-order valence-electron chi connectivity index (χ3n) is 7.42. The van der Waals surface area contributed by atoms with Crippen LogP contribution in [0.4, 0.5) is 0 Å². The molecule has 1 heterocycles. The number of nitrogens with zero attached hydrogens (tertiary/aromatic N) is 2. The summed E-state index contributed by atoms with van der Waals surface area (Å²) in [6.07, 6.45) is 5.07. The number of benzene rings is 2. The Balaban J connectivity index is 1.34. The molecule has 2 aromatic carbocycles. The molecule has 0 spiro atoms. The van der Waals surface area contributed by atoms with Gasteiger partial charge in [0.2, 0.25) is 5.91 Å². The Morgan fingerprint density at radius 2 is 1.44 bits per heavy atom. The lowest BCUT2D eigenvalue weighted by Gasteiger charge is -2.35. The molecular formula is C29H38N2O5. The van der Waals surface area contributed by atoms with Crippen LogP contribution in [0.5, 0.6) is 23.0 Å². The van der Waals surface area contributed by atoms with Gasteiger partial charge < -0.3 is 23.8 Å². The van der Waals surface area contributed by atoms with Crippen LogP contribution in [0.3, 0.4) is 0 Å². The average Bonchev–Trinajstić information content (AvgIpc) is 3.10. The minimum absolute atomic E-state index is 0.205. The topological polar surface area (TPSA) is 60.5 Å². The minimum atomic E-state index is 0.205. The first kappa shape index (κ1) is 25.9. The van der Waals surface area contributed by atoms with E-state index < -0.39 is 0 Å². The Labute approximate surface area is 214 Å². The number of hydrogen-bond donors (Lipinski definition) is 0. The number of carbonyl (C=O) groups is 1. The molecule has 7 nitrogen and oxygen atoms in total. The maximum absolute atomic E-state index is 13.2. The molecule has 2 aromatic rings. The van der Waals surface area contributed by atoms with Gasteiger partial charge in [-0.15, -0.1) is 6.58 Å². The molecule has 1 aliphatic heterocycles. The quantitative estimate of drug-likeness (QED) is 0.442. The molecule has 0 saturated carbocycles. The molecule has 1 amide bonds. The molecule has 2 aliphatic rings. The van der Waals surface area contributed by atoms with Gasteiger partial charge in [0.1, 0.15) is 0 Å². The highest BCUT2D eigenvalue weighted by Crippen LogP contribution is 2.42. The van der Waals surface area contributed by atoms with E-state index in [1.807, 2.05) is 11.0 Å². The Morgan fingerprint density at radius 3 is 1.97 bits per heavy atom. The molecule has 4 rings (SSSR count). The van der Waals surface area contributed by atoms with Crippen LogP contribution in [0, 0.1) is 0 Å². The molecule has 0 N–H and O–H groups in total. The van der Waals surface area contributed by atoms with Crippen LogP contribution in [0.25, 0.3) is 0 Å². The molecule has 7 heteroatoms. The van der Waals surface area contributed by atoms with E-state index in [0.29, 0.717) is 12.3 Å². The van der Waals surface area contributed by atoms with E-state index in [1.54, 1.807) is 28.4 Å². The van der Waals surface area contributed by atoms with Crippen molar-refractivity contribution in [1.29, 1.82) is 0 Å². The van der Waals surface area contributed by atoms with Gasteiger partial charge in [-0.2, -0.15) is 0 Å². The van der Waals surface area contributed by atoms with E-state index in [1.165, 1.54) is 22.3 Å². The fourth-order valence-corrected chi connectivity index (χ4v) is 5.36. The summed E-state index contributed by atoms with van der Waals surface area (Å²) in [6.45, 7) is 7.75. The second-order valence-corrected chi connectivity index (χ2v) is 9.46. The molecule has 1 aliphatic carbocycles. The van der Waals surface area contributed by atoms with Crippen molar-refractivity contribution in [2.45, 2.75) is 31.6 Å². The largest absolute Gasteiger partial charge is 0.493 e. The Morgan fingerprint density at radius 1 is 0.917 bits per heavy atom. The standard InChI is InChI=1S/C29H38N2O5/c1-6-10-30(19-23-14-22-17-27(35-4)28(36-5)18-24(22)23)11-9-29(32)31-12-7-20-15-25(33-2)26(34-3)16-21(20)8-13-31/h6,15-18,23H,1,7-14,19H2,2-5H3/t23-/m1/s1. The van der Waals surface area contributed by atoms with Gasteiger partial charge in [-0.25, -0.2) is 0 Å². The average molecular weight is 495 g/mol. The van der Waals surface area contributed by atoms with Crippen molar-refractivity contribution in [1.82, 2.24) is 9.80 Å². The van der Waals surface area contributed by atoms with E-state index in [4.69, 9.17) is 18.9 Å². The van der Waals surface area contributed by atoms with E-state index in [9.17, 15) is 4.79 Å². The van der Waals surface area contributed by atoms with Gasteiger partial charge in [-0.05, 0) is 65.8 Å². The molecule has 0 bridgehead atoms. The summed E-state index contributed by atoms with van der Waals surface area (Å²) in [7, 11) is 6.64. The maximum atomic E-state index is 13.2. The summed E-state index contributed by atoms with van der Waals surface area (Å²) >= 11 is 0. The third-order valence-corrected chi connectivity index (χ3v) is 7.42. The van der Waals surface area contributed by atoms with Crippen LogP contribution < -0.4 is 18.9 Å². The number of fused-ring (bicyclic) bond motifs is 2. The normalized spacial score (nSPS) is 16.4. The maximum Gasteiger partial charge on any atom is 0.223 e. The minimum Gasteiger partial charge on any atom is -0.493 e. The molecule has 1 atom stereocenters. The van der Waals surface area contributed by atoms with Crippen LogP contribution in [0.15, 0.2) is 36.9 Å². The summed E-state index contributed by atoms with van der Waals surface area (Å²) in [4.78, 5) is 17.5. The molecule has 36 heavy (non-hydrogen) atoms. The predicted molar refractivity (Wildman–Crippen MR) is 141 cm³/mol. The second-order valence-electron chi connectivity index (χ2n) is 9.46. The van der Waals surface area contributed by atoms with Gasteiger partial charge in [0, 0.05) is 45.1 Å². The van der Waals surface area contributed by atoms with Crippen LogP contribution in [0.1, 0.15) is 34.6 Å². The van der Waals surface area contributed by atoms with Crippen LogP contribution in [-0.4, -0.2) is 76.9 Å². The number of rotatable bonds is 11. The first-order valence-electron chi connectivity index (χ1n) is 12.6. The SMILES string of the molecule is C=CCN(CCC(=O)N1CCc2cc(OC)c(OC)cc2CC1)C[C@H]1Cc2cc(OC)c(OC)cc21. The molecule has 0 saturated heterocycles. The highest BCUT2D eigenvalue weighted by molar-refractivity contribution is 5.76. The van der Waals surface area contributed by atoms with Crippen molar-refractivity contribution >= 4 is 5.91 Å². The Kier molecular flexibility index (Phi) is 8.41. The summed E-state index contributed by atoms with van der Waals surface area (Å²) in [5.41, 5.74) is 5.08. The number of carbonyl (C=O) groups excluding carboxylic acids is 1. The highest BCUT2D eigenvalue weighted by Gasteiger charge is 2.30. The number of amides is 1. The molecule has 194 valence electrons.